The molecule has 0 saturated heterocycles. The van der Waals surface area contributed by atoms with E-state index in [2.05, 4.69) is 0 Å². The van der Waals surface area contributed by atoms with Gasteiger partial charge < -0.3 is 9.67 Å². The van der Waals surface area contributed by atoms with E-state index in [0.717, 1.165) is 34.3 Å². The summed E-state index contributed by atoms with van der Waals surface area (Å²) in [6.45, 7) is 0. The Balaban J connectivity index is 2.39. The van der Waals surface area contributed by atoms with Gasteiger partial charge in [0.1, 0.15) is 0 Å². The molecule has 15 heavy (non-hydrogen) atoms. The van der Waals surface area contributed by atoms with E-state index in [9.17, 15) is 5.11 Å². The molecule has 3 heteroatoms. The maximum Gasteiger partial charge on any atom is 0.0919 e. The summed E-state index contributed by atoms with van der Waals surface area (Å²) in [5, 5.41) is 11.9. The highest BCUT2D eigenvalue weighted by molar-refractivity contribution is 6.35. The van der Waals surface area contributed by atoms with E-state index < -0.39 is 5.60 Å². The Morgan fingerprint density at radius 2 is 2.13 bits per heavy atom. The summed E-state index contributed by atoms with van der Waals surface area (Å²) in [6, 6.07) is 5.94. The average molecular weight is 222 g/mol. The second-order valence-corrected chi connectivity index (χ2v) is 4.73. The highest BCUT2D eigenvalue weighted by Crippen LogP contribution is 2.48. The van der Waals surface area contributed by atoms with Crippen LogP contribution in [0.2, 0.25) is 5.02 Å². The first-order valence-corrected chi connectivity index (χ1v) is 5.46. The van der Waals surface area contributed by atoms with Gasteiger partial charge in [0.15, 0.2) is 0 Å². The van der Waals surface area contributed by atoms with Crippen LogP contribution in [0.5, 0.6) is 0 Å². The van der Waals surface area contributed by atoms with Crippen LogP contribution in [0.25, 0.3) is 10.9 Å². The molecule has 3 rings (SSSR count). The minimum Gasteiger partial charge on any atom is -0.385 e. The fourth-order valence-electron chi connectivity index (χ4n) is 2.18. The third-order valence-electron chi connectivity index (χ3n) is 3.18. The second-order valence-electron chi connectivity index (χ2n) is 4.32. The molecule has 1 fully saturated rings. The first-order chi connectivity index (χ1) is 7.12. The monoisotopic (exact) mass is 221 g/mol. The first-order valence-electron chi connectivity index (χ1n) is 5.08. The van der Waals surface area contributed by atoms with Crippen molar-refractivity contribution in [2.45, 2.75) is 18.4 Å². The minimum atomic E-state index is -0.602. The molecular weight excluding hydrogens is 210 g/mol. The molecule has 0 aliphatic heterocycles. The predicted octanol–water partition coefficient (Wildman–Crippen LogP) is 2.81. The van der Waals surface area contributed by atoms with Crippen molar-refractivity contribution in [3.05, 3.63) is 35.0 Å². The van der Waals surface area contributed by atoms with Crippen LogP contribution in [0.4, 0.5) is 0 Å². The number of rotatable bonds is 1. The maximum absolute atomic E-state index is 10.2. The minimum absolute atomic E-state index is 0.602. The van der Waals surface area contributed by atoms with Crippen LogP contribution in [0.1, 0.15) is 18.4 Å². The molecule has 2 nitrogen and oxygen atoms in total. The van der Waals surface area contributed by atoms with Crippen LogP contribution in [-0.2, 0) is 12.6 Å². The van der Waals surface area contributed by atoms with Crippen molar-refractivity contribution in [1.82, 2.24) is 4.57 Å². The number of aromatic nitrogens is 1. The predicted molar refractivity (Wildman–Crippen MR) is 61.1 cm³/mol. The lowest BCUT2D eigenvalue weighted by Crippen LogP contribution is -2.06. The van der Waals surface area contributed by atoms with Gasteiger partial charge in [-0.1, -0.05) is 29.8 Å². The van der Waals surface area contributed by atoms with Crippen LogP contribution < -0.4 is 0 Å². The molecule has 1 saturated carbocycles. The molecule has 0 amide bonds. The quantitative estimate of drug-likeness (QED) is 0.787. The highest BCUT2D eigenvalue weighted by atomic mass is 35.5. The zero-order valence-electron chi connectivity index (χ0n) is 8.50. The summed E-state index contributed by atoms with van der Waals surface area (Å²) in [4.78, 5) is 0. The Kier molecular flexibility index (Phi) is 1.71. The molecule has 1 aromatic carbocycles. The number of hydrogen-bond donors (Lipinski definition) is 1. The molecule has 0 bridgehead atoms. The number of halogens is 1. The number of aryl methyl sites for hydroxylation is 1. The van der Waals surface area contributed by atoms with Gasteiger partial charge >= 0.3 is 0 Å². The van der Waals surface area contributed by atoms with Crippen molar-refractivity contribution >= 4 is 22.5 Å². The van der Waals surface area contributed by atoms with Crippen LogP contribution >= 0.6 is 11.6 Å². The Morgan fingerprint density at radius 1 is 1.40 bits per heavy atom. The van der Waals surface area contributed by atoms with Gasteiger partial charge in [0.25, 0.3) is 0 Å². The van der Waals surface area contributed by atoms with Crippen LogP contribution in [0.15, 0.2) is 24.4 Å². The van der Waals surface area contributed by atoms with Gasteiger partial charge in [0.05, 0.1) is 16.1 Å². The maximum atomic E-state index is 10.2. The number of benzene rings is 1. The highest BCUT2D eigenvalue weighted by Gasteiger charge is 2.43. The lowest BCUT2D eigenvalue weighted by molar-refractivity contribution is 0.153. The molecule has 1 N–H and O–H groups in total. The molecule has 0 atom stereocenters. The largest absolute Gasteiger partial charge is 0.385 e. The van der Waals surface area contributed by atoms with Gasteiger partial charge in [0, 0.05) is 24.2 Å². The fraction of sp³-hybridized carbons (Fsp3) is 0.333. The summed E-state index contributed by atoms with van der Waals surface area (Å²) in [5.74, 6) is 0. The SMILES string of the molecule is Cn1cc(Cl)c2cccc(C3(O)CC3)c21. The third-order valence-corrected chi connectivity index (χ3v) is 3.48. The van der Waals surface area contributed by atoms with Crippen LogP contribution in [0.3, 0.4) is 0 Å². The Morgan fingerprint density at radius 3 is 2.80 bits per heavy atom. The standard InChI is InChI=1S/C12H12ClNO/c1-14-7-10(13)8-3-2-4-9(11(8)14)12(15)5-6-12/h2-4,7,15H,5-6H2,1H3. The third kappa shape index (κ3) is 1.22. The second kappa shape index (κ2) is 2.77. The topological polar surface area (TPSA) is 25.2 Å². The van der Waals surface area contributed by atoms with E-state index >= 15 is 0 Å². The molecule has 1 aliphatic carbocycles. The van der Waals surface area contributed by atoms with Gasteiger partial charge in [-0.25, -0.2) is 0 Å². The van der Waals surface area contributed by atoms with E-state index in [1.807, 2.05) is 36.0 Å². The smallest absolute Gasteiger partial charge is 0.0919 e. The number of nitrogens with zero attached hydrogens (tertiary/aromatic N) is 1. The van der Waals surface area contributed by atoms with Gasteiger partial charge in [-0.05, 0) is 12.8 Å². The molecular formula is C12H12ClNO. The van der Waals surface area contributed by atoms with E-state index in [1.165, 1.54) is 0 Å². The number of hydrogen-bond acceptors (Lipinski definition) is 1. The molecule has 78 valence electrons. The van der Waals surface area contributed by atoms with Gasteiger partial charge in [-0.3, -0.25) is 0 Å². The number of fused-ring (bicyclic) bond motifs is 1. The molecule has 0 unspecified atom stereocenters. The van der Waals surface area contributed by atoms with E-state index in [0.29, 0.717) is 0 Å². The van der Waals surface area contributed by atoms with Gasteiger partial charge in [-0.15, -0.1) is 0 Å². The molecule has 1 aromatic heterocycles. The summed E-state index contributed by atoms with van der Waals surface area (Å²) < 4.78 is 1.99. The number of aliphatic hydroxyl groups is 1. The molecule has 0 spiro atoms. The zero-order valence-corrected chi connectivity index (χ0v) is 9.25. The summed E-state index contributed by atoms with van der Waals surface area (Å²) in [5.41, 5.74) is 1.46. The summed E-state index contributed by atoms with van der Waals surface area (Å²) in [6.07, 6.45) is 3.60. The fourth-order valence-corrected chi connectivity index (χ4v) is 2.48. The molecule has 1 heterocycles. The van der Waals surface area contributed by atoms with Crippen molar-refractivity contribution in [3.8, 4) is 0 Å². The Hall–Kier alpha value is -0.990. The lowest BCUT2D eigenvalue weighted by atomic mass is 10.0. The van der Waals surface area contributed by atoms with Crippen molar-refractivity contribution in [1.29, 1.82) is 0 Å². The van der Waals surface area contributed by atoms with E-state index in [4.69, 9.17) is 11.6 Å². The normalized spacial score (nSPS) is 18.3. The zero-order chi connectivity index (χ0) is 10.6. The van der Waals surface area contributed by atoms with Crippen molar-refractivity contribution in [2.24, 2.45) is 7.05 Å². The first kappa shape index (κ1) is 9.25. The van der Waals surface area contributed by atoms with E-state index in [-0.39, 0.29) is 0 Å². The van der Waals surface area contributed by atoms with Crippen LogP contribution in [-0.4, -0.2) is 9.67 Å². The summed E-state index contributed by atoms with van der Waals surface area (Å²) >= 11 is 6.12. The molecule has 1 aliphatic rings. The Labute approximate surface area is 93.1 Å². The molecule has 2 aromatic rings. The van der Waals surface area contributed by atoms with Crippen molar-refractivity contribution in [2.75, 3.05) is 0 Å². The van der Waals surface area contributed by atoms with Crippen molar-refractivity contribution < 1.29 is 5.11 Å². The van der Waals surface area contributed by atoms with Crippen LogP contribution in [0, 0.1) is 0 Å². The van der Waals surface area contributed by atoms with Gasteiger partial charge in [-0.2, -0.15) is 0 Å². The average Bonchev–Trinajstić information content (AvgIpc) is 2.89. The van der Waals surface area contributed by atoms with Crippen molar-refractivity contribution in [3.63, 3.8) is 0 Å². The van der Waals surface area contributed by atoms with Gasteiger partial charge in [0.2, 0.25) is 0 Å². The molecule has 0 radical (unpaired) electrons. The van der Waals surface area contributed by atoms with E-state index in [1.54, 1.807) is 0 Å². The lowest BCUT2D eigenvalue weighted by Gasteiger charge is -2.11. The number of para-hydroxylation sites is 1. The Bertz CT molecular complexity index is 540. The summed E-state index contributed by atoms with van der Waals surface area (Å²) in [7, 11) is 1.96.